The van der Waals surface area contributed by atoms with Gasteiger partial charge in [0.2, 0.25) is 0 Å². The lowest BCUT2D eigenvalue weighted by atomic mass is 10.4. The number of ether oxygens (including phenoxy) is 1. The van der Waals surface area contributed by atoms with Gasteiger partial charge < -0.3 is 20.4 Å². The molecule has 0 saturated heterocycles. The van der Waals surface area contributed by atoms with Gasteiger partial charge in [-0.1, -0.05) is 0 Å². The normalized spacial score (nSPS) is 10.7. The largest absolute Gasteiger partial charge is 0.383 e. The number of hydrogen-bond donors (Lipinski definition) is 2. The quantitative estimate of drug-likeness (QED) is 0.739. The molecule has 2 rings (SSSR count). The lowest BCUT2D eigenvalue weighted by Gasteiger charge is -2.00. The summed E-state index contributed by atoms with van der Waals surface area (Å²) in [5, 5.41) is 6.86. The Morgan fingerprint density at radius 2 is 2.30 bits per heavy atom. The maximum Gasteiger partial charge on any atom is 0.275 e. The third-order valence-corrected chi connectivity index (χ3v) is 2.67. The van der Waals surface area contributed by atoms with Crippen molar-refractivity contribution >= 4 is 11.6 Å². The molecule has 0 aliphatic rings. The van der Waals surface area contributed by atoms with E-state index in [1.54, 1.807) is 41.3 Å². The summed E-state index contributed by atoms with van der Waals surface area (Å²) < 4.78 is 8.44. The van der Waals surface area contributed by atoms with E-state index in [0.717, 1.165) is 0 Å². The van der Waals surface area contributed by atoms with E-state index in [1.165, 1.54) is 0 Å². The zero-order valence-corrected chi connectivity index (χ0v) is 11.3. The number of nitrogens with zero attached hydrogens (tertiary/aromatic N) is 4. The number of carbonyl (C=O) groups is 1. The number of carbonyl (C=O) groups excluding carboxylic acids is 1. The lowest BCUT2D eigenvalue weighted by Crippen LogP contribution is -2.12. The molecule has 0 fully saturated rings. The Morgan fingerprint density at radius 1 is 1.45 bits per heavy atom. The molecule has 0 aliphatic carbocycles. The van der Waals surface area contributed by atoms with Gasteiger partial charge in [0, 0.05) is 32.6 Å². The number of anilines is 1. The molecule has 8 heteroatoms. The summed E-state index contributed by atoms with van der Waals surface area (Å²) in [7, 11) is 1.63. The molecule has 0 saturated carbocycles. The number of rotatable bonds is 7. The number of amides is 1. The molecule has 0 spiro atoms. The van der Waals surface area contributed by atoms with E-state index in [-0.39, 0.29) is 5.91 Å². The van der Waals surface area contributed by atoms with Gasteiger partial charge in [-0.25, -0.2) is 4.98 Å². The minimum atomic E-state index is -0.271. The van der Waals surface area contributed by atoms with E-state index in [2.05, 4.69) is 15.4 Å². The Kier molecular flexibility index (Phi) is 4.85. The number of nitrogens with one attached hydrogen (secondary N) is 1. The number of aromatic nitrogens is 4. The molecule has 2 aromatic rings. The molecule has 2 aromatic heterocycles. The van der Waals surface area contributed by atoms with Crippen molar-refractivity contribution in [1.29, 1.82) is 0 Å². The smallest absolute Gasteiger partial charge is 0.275 e. The Morgan fingerprint density at radius 3 is 3.05 bits per heavy atom. The Hall–Kier alpha value is -2.19. The molecular formula is C12H18N6O2. The maximum atomic E-state index is 12.0. The van der Waals surface area contributed by atoms with Gasteiger partial charge in [-0.05, 0) is 0 Å². The minimum Gasteiger partial charge on any atom is -0.383 e. The van der Waals surface area contributed by atoms with Gasteiger partial charge in [0.1, 0.15) is 5.69 Å². The summed E-state index contributed by atoms with van der Waals surface area (Å²) in [4.78, 5) is 16.0. The van der Waals surface area contributed by atoms with Crippen LogP contribution in [0.25, 0.3) is 0 Å². The number of nitrogens with two attached hydrogens (primary N) is 1. The van der Waals surface area contributed by atoms with Gasteiger partial charge in [0.15, 0.2) is 0 Å². The van der Waals surface area contributed by atoms with Crippen molar-refractivity contribution in [3.63, 3.8) is 0 Å². The standard InChI is InChI=1S/C12H18N6O2/c1-20-5-4-18-7-10(6-15-18)16-12(19)11-8-17(3-2-13)9-14-11/h6-9H,2-5,13H2,1H3,(H,16,19). The summed E-state index contributed by atoms with van der Waals surface area (Å²) in [5.74, 6) is -0.271. The van der Waals surface area contributed by atoms with Crippen LogP contribution in [0.4, 0.5) is 5.69 Å². The van der Waals surface area contributed by atoms with Crippen LogP contribution in [0.5, 0.6) is 0 Å². The highest BCUT2D eigenvalue weighted by molar-refractivity contribution is 6.02. The van der Waals surface area contributed by atoms with Crippen LogP contribution in [-0.4, -0.2) is 45.5 Å². The van der Waals surface area contributed by atoms with Crippen molar-refractivity contribution in [2.45, 2.75) is 13.1 Å². The minimum absolute atomic E-state index is 0.271. The summed E-state index contributed by atoms with van der Waals surface area (Å²) >= 11 is 0. The van der Waals surface area contributed by atoms with E-state index in [1.807, 2.05) is 0 Å². The van der Waals surface area contributed by atoms with Crippen molar-refractivity contribution in [3.05, 3.63) is 30.6 Å². The lowest BCUT2D eigenvalue weighted by molar-refractivity contribution is 0.102. The van der Waals surface area contributed by atoms with E-state index < -0.39 is 0 Å². The molecule has 20 heavy (non-hydrogen) atoms. The molecule has 0 aromatic carbocycles. The fraction of sp³-hybridized carbons (Fsp3) is 0.417. The zero-order valence-electron chi connectivity index (χ0n) is 11.3. The first-order chi connectivity index (χ1) is 9.72. The van der Waals surface area contributed by atoms with Crippen LogP contribution in [0.1, 0.15) is 10.5 Å². The molecule has 0 aliphatic heterocycles. The number of imidazole rings is 1. The average Bonchev–Trinajstić information content (AvgIpc) is 3.06. The van der Waals surface area contributed by atoms with Gasteiger partial charge in [0.05, 0.1) is 31.4 Å². The first-order valence-corrected chi connectivity index (χ1v) is 6.27. The molecule has 0 radical (unpaired) electrons. The Bertz CT molecular complexity index is 562. The highest BCUT2D eigenvalue weighted by atomic mass is 16.5. The molecule has 0 bridgehead atoms. The number of hydrogen-bond acceptors (Lipinski definition) is 5. The summed E-state index contributed by atoms with van der Waals surface area (Å²) in [6, 6.07) is 0. The van der Waals surface area contributed by atoms with E-state index in [0.29, 0.717) is 37.6 Å². The van der Waals surface area contributed by atoms with Crippen molar-refractivity contribution < 1.29 is 9.53 Å². The highest BCUT2D eigenvalue weighted by Gasteiger charge is 2.10. The molecule has 108 valence electrons. The summed E-state index contributed by atoms with van der Waals surface area (Å²) in [6.45, 7) is 2.34. The monoisotopic (exact) mass is 278 g/mol. The van der Waals surface area contributed by atoms with Crippen LogP contribution in [0, 0.1) is 0 Å². The topological polar surface area (TPSA) is 100.0 Å². The van der Waals surface area contributed by atoms with E-state index in [9.17, 15) is 4.79 Å². The van der Waals surface area contributed by atoms with Crippen LogP contribution >= 0.6 is 0 Å². The van der Waals surface area contributed by atoms with E-state index in [4.69, 9.17) is 10.5 Å². The number of methoxy groups -OCH3 is 1. The highest BCUT2D eigenvalue weighted by Crippen LogP contribution is 2.07. The molecular weight excluding hydrogens is 260 g/mol. The first kappa shape index (κ1) is 14.2. The van der Waals surface area contributed by atoms with Gasteiger partial charge in [-0.3, -0.25) is 9.48 Å². The van der Waals surface area contributed by atoms with Crippen LogP contribution in [0.15, 0.2) is 24.9 Å². The van der Waals surface area contributed by atoms with Gasteiger partial charge in [0.25, 0.3) is 5.91 Å². The molecule has 8 nitrogen and oxygen atoms in total. The Balaban J connectivity index is 1.94. The fourth-order valence-corrected chi connectivity index (χ4v) is 1.68. The van der Waals surface area contributed by atoms with Crippen molar-refractivity contribution in [1.82, 2.24) is 19.3 Å². The summed E-state index contributed by atoms with van der Waals surface area (Å²) in [6.07, 6.45) is 6.58. The fourth-order valence-electron chi connectivity index (χ4n) is 1.68. The third kappa shape index (κ3) is 3.65. The van der Waals surface area contributed by atoms with Gasteiger partial charge in [-0.2, -0.15) is 5.10 Å². The van der Waals surface area contributed by atoms with Gasteiger partial charge in [-0.15, -0.1) is 0 Å². The van der Waals surface area contributed by atoms with Crippen LogP contribution in [0.2, 0.25) is 0 Å². The predicted molar refractivity (Wildman–Crippen MR) is 73.3 cm³/mol. The van der Waals surface area contributed by atoms with Crippen molar-refractivity contribution in [3.8, 4) is 0 Å². The SMILES string of the molecule is COCCn1cc(NC(=O)c2cn(CCN)cn2)cn1. The van der Waals surface area contributed by atoms with Crippen molar-refractivity contribution in [2.75, 3.05) is 25.6 Å². The maximum absolute atomic E-state index is 12.0. The Labute approximate surface area is 116 Å². The zero-order chi connectivity index (χ0) is 14.4. The van der Waals surface area contributed by atoms with Gasteiger partial charge >= 0.3 is 0 Å². The first-order valence-electron chi connectivity index (χ1n) is 6.27. The molecule has 0 unspecified atom stereocenters. The molecule has 0 atom stereocenters. The molecule has 3 N–H and O–H groups in total. The molecule has 2 heterocycles. The van der Waals surface area contributed by atoms with Crippen molar-refractivity contribution in [2.24, 2.45) is 5.73 Å². The molecule has 1 amide bonds. The second-order valence-corrected chi connectivity index (χ2v) is 4.22. The predicted octanol–water partition coefficient (Wildman–Crippen LogP) is -0.0630. The van der Waals surface area contributed by atoms with Crippen LogP contribution < -0.4 is 11.1 Å². The average molecular weight is 278 g/mol. The van der Waals surface area contributed by atoms with Crippen LogP contribution in [0.3, 0.4) is 0 Å². The van der Waals surface area contributed by atoms with E-state index >= 15 is 0 Å². The second-order valence-electron chi connectivity index (χ2n) is 4.22. The summed E-state index contributed by atoms with van der Waals surface area (Å²) in [5.41, 5.74) is 6.42. The van der Waals surface area contributed by atoms with Crippen LogP contribution in [-0.2, 0) is 17.8 Å². The second kappa shape index (κ2) is 6.83. The third-order valence-electron chi connectivity index (χ3n) is 2.67.